The van der Waals surface area contributed by atoms with Gasteiger partial charge >= 0.3 is 0 Å². The number of ether oxygens (including phenoxy) is 1. The van der Waals surface area contributed by atoms with E-state index < -0.39 is 22.5 Å². The molecular formula is C18H14F2N2O4. The number of nitrogens with one attached hydrogen (secondary N) is 1. The molecule has 6 nitrogen and oxygen atoms in total. The summed E-state index contributed by atoms with van der Waals surface area (Å²) in [5, 5.41) is 13.4. The quantitative estimate of drug-likeness (QED) is 0.505. The molecule has 2 rings (SSSR count). The van der Waals surface area contributed by atoms with Gasteiger partial charge in [-0.05, 0) is 25.1 Å². The van der Waals surface area contributed by atoms with Crippen LogP contribution in [0, 0.1) is 40.5 Å². The summed E-state index contributed by atoms with van der Waals surface area (Å²) in [4.78, 5) is 22.4. The molecule has 2 aromatic rings. The lowest BCUT2D eigenvalue weighted by Crippen LogP contribution is -2.24. The number of rotatable bonds is 5. The molecule has 1 amide bonds. The van der Waals surface area contributed by atoms with E-state index >= 15 is 0 Å². The van der Waals surface area contributed by atoms with Gasteiger partial charge in [-0.25, -0.2) is 8.78 Å². The van der Waals surface area contributed by atoms with Crippen molar-refractivity contribution in [3.8, 4) is 17.6 Å². The third-order valence-corrected chi connectivity index (χ3v) is 3.40. The van der Waals surface area contributed by atoms with Gasteiger partial charge < -0.3 is 10.1 Å². The Hall–Kier alpha value is -3.47. The van der Waals surface area contributed by atoms with Gasteiger partial charge in [0.2, 0.25) is 0 Å². The summed E-state index contributed by atoms with van der Waals surface area (Å²) in [7, 11) is 0. The lowest BCUT2D eigenvalue weighted by Gasteiger charge is -2.05. The minimum atomic E-state index is -0.832. The van der Waals surface area contributed by atoms with Gasteiger partial charge in [-0.2, -0.15) is 0 Å². The van der Waals surface area contributed by atoms with Crippen molar-refractivity contribution in [3.05, 3.63) is 69.3 Å². The van der Waals surface area contributed by atoms with Crippen molar-refractivity contribution >= 4 is 11.6 Å². The van der Waals surface area contributed by atoms with Crippen molar-refractivity contribution in [1.29, 1.82) is 0 Å². The van der Waals surface area contributed by atoms with Crippen molar-refractivity contribution in [3.63, 3.8) is 0 Å². The van der Waals surface area contributed by atoms with Crippen LogP contribution in [0.15, 0.2) is 36.4 Å². The maximum absolute atomic E-state index is 13.3. The highest BCUT2D eigenvalue weighted by atomic mass is 19.1. The summed E-state index contributed by atoms with van der Waals surface area (Å²) in [5.74, 6) is 3.02. The van der Waals surface area contributed by atoms with Gasteiger partial charge in [0.15, 0.2) is 11.6 Å². The van der Waals surface area contributed by atoms with Crippen molar-refractivity contribution < 1.29 is 23.2 Å². The fraction of sp³-hybridized carbons (Fsp3) is 0.167. The molecule has 0 radical (unpaired) electrons. The number of halogens is 2. The highest BCUT2D eigenvalue weighted by Crippen LogP contribution is 2.20. The van der Waals surface area contributed by atoms with Crippen LogP contribution in [0.3, 0.4) is 0 Å². The molecule has 0 aromatic heterocycles. The Balaban J connectivity index is 1.87. The lowest BCUT2D eigenvalue weighted by molar-refractivity contribution is -0.385. The Morgan fingerprint density at radius 3 is 2.73 bits per heavy atom. The number of carbonyl (C=O) groups is 1. The molecule has 0 spiro atoms. The molecule has 0 atom stereocenters. The van der Waals surface area contributed by atoms with Crippen LogP contribution >= 0.6 is 0 Å². The fourth-order valence-electron chi connectivity index (χ4n) is 2.11. The van der Waals surface area contributed by atoms with Crippen LogP contribution in [0.4, 0.5) is 14.5 Å². The summed E-state index contributed by atoms with van der Waals surface area (Å²) < 4.78 is 31.1. The molecule has 0 aliphatic rings. The number of hydrogen-bond donors (Lipinski definition) is 1. The Morgan fingerprint density at radius 2 is 2.04 bits per heavy atom. The predicted molar refractivity (Wildman–Crippen MR) is 89.8 cm³/mol. The number of carbonyl (C=O) groups excluding carboxylic acids is 1. The molecular weight excluding hydrogens is 346 g/mol. The minimum Gasteiger partial charge on any atom is -0.478 e. The summed E-state index contributed by atoms with van der Waals surface area (Å²) >= 11 is 0. The van der Waals surface area contributed by atoms with Crippen molar-refractivity contribution in [1.82, 2.24) is 5.32 Å². The molecule has 0 saturated carbocycles. The SMILES string of the molecule is Cc1c(C(=O)NCC#CCOc2ccc(F)cc2F)cccc1[N+](=O)[O-]. The molecule has 8 heteroatoms. The van der Waals surface area contributed by atoms with E-state index in [1.807, 2.05) is 0 Å². The first-order chi connectivity index (χ1) is 12.4. The molecule has 0 fully saturated rings. The monoisotopic (exact) mass is 360 g/mol. The van der Waals surface area contributed by atoms with E-state index in [0.717, 1.165) is 12.1 Å². The first-order valence-corrected chi connectivity index (χ1v) is 7.46. The number of amides is 1. The van der Waals surface area contributed by atoms with Crippen LogP contribution in [-0.2, 0) is 0 Å². The predicted octanol–water partition coefficient (Wildman–Crippen LogP) is 2.99. The second-order valence-corrected chi connectivity index (χ2v) is 5.11. The summed E-state index contributed by atoms with van der Waals surface area (Å²) in [6.45, 7) is 1.33. The Morgan fingerprint density at radius 1 is 1.27 bits per heavy atom. The average Bonchev–Trinajstić information content (AvgIpc) is 2.59. The zero-order valence-electron chi connectivity index (χ0n) is 13.7. The van der Waals surface area contributed by atoms with E-state index in [9.17, 15) is 23.7 Å². The van der Waals surface area contributed by atoms with Crippen LogP contribution in [0.25, 0.3) is 0 Å². The normalized spacial score (nSPS) is 9.81. The molecule has 134 valence electrons. The van der Waals surface area contributed by atoms with Gasteiger partial charge in [-0.3, -0.25) is 14.9 Å². The van der Waals surface area contributed by atoms with E-state index in [0.29, 0.717) is 6.07 Å². The first kappa shape index (κ1) is 18.9. The van der Waals surface area contributed by atoms with Crippen molar-refractivity contribution in [2.24, 2.45) is 0 Å². The zero-order chi connectivity index (χ0) is 19.1. The molecule has 2 aromatic carbocycles. The van der Waals surface area contributed by atoms with Gasteiger partial charge in [0.1, 0.15) is 12.4 Å². The highest BCUT2D eigenvalue weighted by molar-refractivity contribution is 5.96. The second kappa shape index (κ2) is 8.58. The van der Waals surface area contributed by atoms with Crippen LogP contribution < -0.4 is 10.1 Å². The summed E-state index contributed by atoms with van der Waals surface area (Å²) in [6, 6.07) is 7.14. The number of hydrogen-bond acceptors (Lipinski definition) is 4. The minimum absolute atomic E-state index is 0.0176. The Labute approximate surface area is 147 Å². The highest BCUT2D eigenvalue weighted by Gasteiger charge is 2.17. The van der Waals surface area contributed by atoms with Gasteiger partial charge in [0, 0.05) is 23.3 Å². The molecule has 0 aliphatic heterocycles. The molecule has 1 N–H and O–H groups in total. The number of benzene rings is 2. The van der Waals surface area contributed by atoms with Gasteiger partial charge in [-0.15, -0.1) is 0 Å². The molecule has 0 bridgehead atoms. The Bertz CT molecular complexity index is 904. The molecule has 0 unspecified atom stereocenters. The zero-order valence-corrected chi connectivity index (χ0v) is 13.7. The third-order valence-electron chi connectivity index (χ3n) is 3.40. The number of nitro groups is 1. The largest absolute Gasteiger partial charge is 0.478 e. The molecule has 0 saturated heterocycles. The number of nitro benzene ring substituents is 1. The van der Waals surface area contributed by atoms with Crippen LogP contribution in [0.2, 0.25) is 0 Å². The smallest absolute Gasteiger partial charge is 0.273 e. The third kappa shape index (κ3) is 4.77. The lowest BCUT2D eigenvalue weighted by atomic mass is 10.1. The standard InChI is InChI=1S/C18H14F2N2O4/c1-12-14(5-4-6-16(12)22(24)25)18(23)21-9-2-3-10-26-17-8-7-13(19)11-15(17)20/h4-8,11H,9-10H2,1H3,(H,21,23). The maximum atomic E-state index is 13.3. The Kier molecular flexibility index (Phi) is 6.22. The van der Waals surface area contributed by atoms with E-state index in [1.165, 1.54) is 25.1 Å². The fourth-order valence-corrected chi connectivity index (χ4v) is 2.11. The molecule has 0 heterocycles. The summed E-state index contributed by atoms with van der Waals surface area (Å²) in [6.07, 6.45) is 0. The van der Waals surface area contributed by atoms with Crippen LogP contribution in [0.5, 0.6) is 5.75 Å². The van der Waals surface area contributed by atoms with Crippen molar-refractivity contribution in [2.45, 2.75) is 6.92 Å². The molecule has 0 aliphatic carbocycles. The first-order valence-electron chi connectivity index (χ1n) is 7.46. The molecule has 26 heavy (non-hydrogen) atoms. The van der Waals surface area contributed by atoms with E-state index in [2.05, 4.69) is 17.2 Å². The van der Waals surface area contributed by atoms with E-state index in [-0.39, 0.29) is 35.7 Å². The van der Waals surface area contributed by atoms with Crippen LogP contribution in [-0.4, -0.2) is 24.0 Å². The average molecular weight is 360 g/mol. The van der Waals surface area contributed by atoms with Crippen molar-refractivity contribution in [2.75, 3.05) is 13.2 Å². The van der Waals surface area contributed by atoms with E-state index in [4.69, 9.17) is 4.74 Å². The van der Waals surface area contributed by atoms with Gasteiger partial charge in [-0.1, -0.05) is 17.9 Å². The van der Waals surface area contributed by atoms with Gasteiger partial charge in [0.05, 0.1) is 11.5 Å². The van der Waals surface area contributed by atoms with Gasteiger partial charge in [0.25, 0.3) is 11.6 Å². The van der Waals surface area contributed by atoms with E-state index in [1.54, 1.807) is 0 Å². The second-order valence-electron chi connectivity index (χ2n) is 5.11. The van der Waals surface area contributed by atoms with Crippen LogP contribution in [0.1, 0.15) is 15.9 Å². The number of nitrogens with zero attached hydrogens (tertiary/aromatic N) is 1. The maximum Gasteiger partial charge on any atom is 0.273 e. The topological polar surface area (TPSA) is 81.5 Å². The summed E-state index contributed by atoms with van der Waals surface area (Å²) in [5.41, 5.74) is 0.308.